The Labute approximate surface area is 59.7 Å². The third kappa shape index (κ3) is 1.35. The van der Waals surface area contributed by atoms with Gasteiger partial charge in [0.15, 0.2) is 0 Å². The zero-order valence-electron chi connectivity index (χ0n) is 5.72. The van der Waals surface area contributed by atoms with Crippen molar-refractivity contribution < 1.29 is 4.79 Å². The molecule has 0 aromatic heterocycles. The highest BCUT2D eigenvalue weighted by Gasteiger charge is 1.97. The van der Waals surface area contributed by atoms with Crippen LogP contribution >= 0.6 is 0 Å². The van der Waals surface area contributed by atoms with Crippen molar-refractivity contribution in [3.05, 3.63) is 35.4 Å². The van der Waals surface area contributed by atoms with Gasteiger partial charge in [0.1, 0.15) is 0 Å². The molecular formula is C8H8NO. The van der Waals surface area contributed by atoms with E-state index in [1.54, 1.807) is 18.2 Å². The maximum atomic E-state index is 10.6. The lowest BCUT2D eigenvalue weighted by Crippen LogP contribution is -2.10. The van der Waals surface area contributed by atoms with E-state index >= 15 is 0 Å². The van der Waals surface area contributed by atoms with Crippen LogP contribution in [0.5, 0.6) is 0 Å². The van der Waals surface area contributed by atoms with E-state index in [4.69, 9.17) is 5.73 Å². The molecule has 0 heterocycles. The Hall–Kier alpha value is -1.31. The van der Waals surface area contributed by atoms with Crippen molar-refractivity contribution in [1.29, 1.82) is 0 Å². The molecular weight excluding hydrogens is 126 g/mol. The minimum Gasteiger partial charge on any atom is -0.366 e. The third-order valence-corrected chi connectivity index (χ3v) is 1.22. The van der Waals surface area contributed by atoms with Gasteiger partial charge < -0.3 is 5.73 Å². The van der Waals surface area contributed by atoms with Crippen LogP contribution in [0.3, 0.4) is 0 Å². The Balaban J connectivity index is 3.07. The first-order valence-corrected chi connectivity index (χ1v) is 2.97. The highest BCUT2D eigenvalue weighted by atomic mass is 16.1. The van der Waals surface area contributed by atoms with Crippen LogP contribution in [0, 0.1) is 13.0 Å². The summed E-state index contributed by atoms with van der Waals surface area (Å²) in [6.45, 7) is 1.89. The second-order valence-corrected chi connectivity index (χ2v) is 2.16. The molecule has 0 aliphatic heterocycles. The van der Waals surface area contributed by atoms with Crippen LogP contribution < -0.4 is 5.73 Å². The summed E-state index contributed by atoms with van der Waals surface area (Å²) >= 11 is 0. The van der Waals surface area contributed by atoms with Crippen molar-refractivity contribution >= 4 is 5.91 Å². The minimum absolute atomic E-state index is 0.403. The van der Waals surface area contributed by atoms with E-state index in [1.165, 1.54) is 0 Å². The van der Waals surface area contributed by atoms with Crippen LogP contribution in [0.15, 0.2) is 18.2 Å². The van der Waals surface area contributed by atoms with Crippen molar-refractivity contribution in [3.8, 4) is 0 Å². The van der Waals surface area contributed by atoms with Crippen LogP contribution in [-0.4, -0.2) is 5.91 Å². The summed E-state index contributed by atoms with van der Waals surface area (Å²) in [6, 6.07) is 7.92. The van der Waals surface area contributed by atoms with Gasteiger partial charge in [0.05, 0.1) is 0 Å². The summed E-state index contributed by atoms with van der Waals surface area (Å²) in [4.78, 5) is 10.6. The van der Waals surface area contributed by atoms with Gasteiger partial charge in [-0.3, -0.25) is 4.79 Å². The van der Waals surface area contributed by atoms with Gasteiger partial charge in [0.25, 0.3) is 0 Å². The van der Waals surface area contributed by atoms with Crippen LogP contribution in [0.4, 0.5) is 0 Å². The van der Waals surface area contributed by atoms with Crippen molar-refractivity contribution in [1.82, 2.24) is 0 Å². The van der Waals surface area contributed by atoms with Crippen LogP contribution in [0.2, 0.25) is 0 Å². The van der Waals surface area contributed by atoms with Crippen LogP contribution in [0.25, 0.3) is 0 Å². The lowest BCUT2D eigenvalue weighted by Gasteiger charge is -1.94. The summed E-state index contributed by atoms with van der Waals surface area (Å²) in [5, 5.41) is 0. The van der Waals surface area contributed by atoms with Gasteiger partial charge in [-0.25, -0.2) is 0 Å². The predicted molar refractivity (Wildman–Crippen MR) is 38.5 cm³/mol. The molecule has 10 heavy (non-hydrogen) atoms. The highest BCUT2D eigenvalue weighted by Crippen LogP contribution is 2.01. The minimum atomic E-state index is -0.403. The lowest BCUT2D eigenvalue weighted by molar-refractivity contribution is 0.1000. The van der Waals surface area contributed by atoms with E-state index < -0.39 is 5.91 Å². The molecule has 51 valence electrons. The molecule has 2 heteroatoms. The topological polar surface area (TPSA) is 43.1 Å². The molecule has 0 unspecified atom stereocenters. The molecule has 1 amide bonds. The Morgan fingerprint density at radius 2 is 2.30 bits per heavy atom. The summed E-state index contributed by atoms with van der Waals surface area (Å²) in [6.07, 6.45) is 0. The molecule has 0 aliphatic rings. The number of hydrogen-bond donors (Lipinski definition) is 1. The van der Waals surface area contributed by atoms with E-state index in [2.05, 4.69) is 6.07 Å². The van der Waals surface area contributed by atoms with Crippen molar-refractivity contribution in [2.24, 2.45) is 5.73 Å². The van der Waals surface area contributed by atoms with Gasteiger partial charge in [-0.2, -0.15) is 0 Å². The molecule has 0 atom stereocenters. The maximum absolute atomic E-state index is 10.6. The SMILES string of the molecule is Cc1c[c]cc(C(N)=O)c1. The molecule has 0 aliphatic carbocycles. The van der Waals surface area contributed by atoms with Gasteiger partial charge in [0, 0.05) is 5.56 Å². The van der Waals surface area contributed by atoms with Crippen molar-refractivity contribution in [3.63, 3.8) is 0 Å². The number of primary amides is 1. The molecule has 1 rings (SSSR count). The molecule has 0 fully saturated rings. The second-order valence-electron chi connectivity index (χ2n) is 2.16. The van der Waals surface area contributed by atoms with E-state index in [0.29, 0.717) is 5.56 Å². The monoisotopic (exact) mass is 134 g/mol. The molecule has 0 saturated heterocycles. The molecule has 0 saturated carbocycles. The van der Waals surface area contributed by atoms with Gasteiger partial charge in [0.2, 0.25) is 5.91 Å². The Morgan fingerprint density at radius 1 is 1.60 bits per heavy atom. The summed E-state index contributed by atoms with van der Waals surface area (Å²) < 4.78 is 0. The third-order valence-electron chi connectivity index (χ3n) is 1.22. The largest absolute Gasteiger partial charge is 0.366 e. The Morgan fingerprint density at radius 3 is 2.70 bits per heavy atom. The number of benzene rings is 1. The van der Waals surface area contributed by atoms with E-state index in [0.717, 1.165) is 5.56 Å². The average molecular weight is 134 g/mol. The first-order chi connectivity index (χ1) is 4.70. The van der Waals surface area contributed by atoms with Gasteiger partial charge in [-0.05, 0) is 30.7 Å². The average Bonchev–Trinajstić information content (AvgIpc) is 1.88. The second kappa shape index (κ2) is 2.52. The smallest absolute Gasteiger partial charge is 0.248 e. The summed E-state index contributed by atoms with van der Waals surface area (Å²) in [5.41, 5.74) is 6.53. The molecule has 1 radical (unpaired) electrons. The van der Waals surface area contributed by atoms with Crippen LogP contribution in [0.1, 0.15) is 15.9 Å². The highest BCUT2D eigenvalue weighted by molar-refractivity contribution is 5.92. The summed E-state index contributed by atoms with van der Waals surface area (Å²) in [5.74, 6) is -0.403. The molecule has 2 nitrogen and oxygen atoms in total. The standard InChI is InChI=1S/C8H8NO/c1-6-3-2-4-7(5-6)8(9)10/h3-5H,1H3,(H2,9,10). The molecule has 0 bridgehead atoms. The molecule has 0 spiro atoms. The number of nitrogens with two attached hydrogens (primary N) is 1. The normalized spacial score (nSPS) is 9.30. The quantitative estimate of drug-likeness (QED) is 0.609. The first kappa shape index (κ1) is 6.81. The van der Waals surface area contributed by atoms with E-state index in [9.17, 15) is 4.79 Å². The van der Waals surface area contributed by atoms with E-state index in [-0.39, 0.29) is 0 Å². The zero-order valence-corrected chi connectivity index (χ0v) is 5.72. The molecule has 1 aromatic rings. The number of rotatable bonds is 1. The number of carbonyl (C=O) groups excluding carboxylic acids is 1. The van der Waals surface area contributed by atoms with Gasteiger partial charge in [-0.15, -0.1) is 0 Å². The van der Waals surface area contributed by atoms with Crippen molar-refractivity contribution in [2.45, 2.75) is 6.92 Å². The predicted octanol–water partition coefficient (Wildman–Crippen LogP) is 0.894. The lowest BCUT2D eigenvalue weighted by atomic mass is 10.1. The number of hydrogen-bond acceptors (Lipinski definition) is 1. The van der Waals surface area contributed by atoms with Crippen LogP contribution in [-0.2, 0) is 0 Å². The summed E-state index contributed by atoms with van der Waals surface area (Å²) in [7, 11) is 0. The Bertz CT molecular complexity index is 255. The van der Waals surface area contributed by atoms with Gasteiger partial charge in [-0.1, -0.05) is 6.07 Å². The fourth-order valence-corrected chi connectivity index (χ4v) is 0.734. The first-order valence-electron chi connectivity index (χ1n) is 2.97. The maximum Gasteiger partial charge on any atom is 0.248 e. The fraction of sp³-hybridized carbons (Fsp3) is 0.125. The number of carbonyl (C=O) groups is 1. The molecule has 2 N–H and O–H groups in total. The zero-order chi connectivity index (χ0) is 7.56. The van der Waals surface area contributed by atoms with Crippen molar-refractivity contribution in [2.75, 3.05) is 0 Å². The van der Waals surface area contributed by atoms with Gasteiger partial charge >= 0.3 is 0 Å². The number of aryl methyl sites for hydroxylation is 1. The number of amides is 1. The fourth-order valence-electron chi connectivity index (χ4n) is 0.734. The van der Waals surface area contributed by atoms with E-state index in [1.807, 2.05) is 6.92 Å². The molecule has 1 aromatic carbocycles. The Kier molecular flexibility index (Phi) is 1.71.